The zero-order valence-electron chi connectivity index (χ0n) is 10.8. The number of phenolic OH excluding ortho intramolecular Hbond substituents is 2. The number of hydrogen-bond acceptors (Lipinski definition) is 3. The van der Waals surface area contributed by atoms with E-state index in [1.807, 2.05) is 0 Å². The maximum atomic E-state index is 9.91. The molecule has 0 fully saturated rings. The van der Waals surface area contributed by atoms with Crippen molar-refractivity contribution in [2.24, 2.45) is 0 Å². The van der Waals surface area contributed by atoms with E-state index in [0.29, 0.717) is 22.5 Å². The summed E-state index contributed by atoms with van der Waals surface area (Å²) >= 11 is 0. The quantitative estimate of drug-likeness (QED) is 0.695. The maximum Gasteiger partial charge on any atom is 0.368 e. The Morgan fingerprint density at radius 1 is 0.950 bits per heavy atom. The summed E-state index contributed by atoms with van der Waals surface area (Å²) < 4.78 is 10.9. The monoisotopic (exact) mass is 269 g/mol. The lowest BCUT2D eigenvalue weighted by Gasteiger charge is -2.00. The molecule has 3 rings (SSSR count). The van der Waals surface area contributed by atoms with Crippen molar-refractivity contribution in [3.05, 3.63) is 48.5 Å². The summed E-state index contributed by atoms with van der Waals surface area (Å²) in [5.74, 6) is 1.49. The van der Waals surface area contributed by atoms with Crippen molar-refractivity contribution in [2.45, 2.75) is 0 Å². The van der Waals surface area contributed by atoms with E-state index in [9.17, 15) is 10.2 Å². The minimum Gasteiger partial charge on any atom is -0.508 e. The average molecular weight is 269 g/mol. The molecule has 0 saturated carbocycles. The van der Waals surface area contributed by atoms with Crippen LogP contribution in [-0.4, -0.2) is 17.3 Å². The summed E-state index contributed by atoms with van der Waals surface area (Å²) in [6, 6.07) is 13.5. The number of rotatable bonds is 2. The highest BCUT2D eigenvalue weighted by Gasteiger charge is 2.18. The van der Waals surface area contributed by atoms with Crippen molar-refractivity contribution in [1.29, 1.82) is 0 Å². The first kappa shape index (κ1) is 12.3. The van der Waals surface area contributed by atoms with E-state index in [2.05, 4.69) is 0 Å². The lowest BCUT2D eigenvalue weighted by atomic mass is 10.1. The Hall–Kier alpha value is -2.75. The van der Waals surface area contributed by atoms with E-state index in [0.717, 1.165) is 5.56 Å². The van der Waals surface area contributed by atoms with Gasteiger partial charge in [-0.2, -0.15) is 0 Å². The number of benzene rings is 2. The Kier molecular flexibility index (Phi) is 2.91. The van der Waals surface area contributed by atoms with Gasteiger partial charge in [-0.3, -0.25) is 0 Å². The van der Waals surface area contributed by atoms with Crippen LogP contribution in [0.1, 0.15) is 0 Å². The number of phenols is 2. The molecule has 0 unspecified atom stereocenters. The molecule has 0 spiro atoms. The lowest BCUT2D eigenvalue weighted by Crippen LogP contribution is -1.84. The molecule has 0 saturated heterocycles. The van der Waals surface area contributed by atoms with E-state index in [1.54, 1.807) is 42.5 Å². The zero-order chi connectivity index (χ0) is 14.1. The molecule has 4 heteroatoms. The molecule has 0 aliphatic heterocycles. The van der Waals surface area contributed by atoms with Gasteiger partial charge in [0.1, 0.15) is 22.6 Å². The van der Waals surface area contributed by atoms with Crippen molar-refractivity contribution >= 4 is 11.0 Å². The van der Waals surface area contributed by atoms with Gasteiger partial charge < -0.3 is 14.9 Å². The van der Waals surface area contributed by atoms with Crippen LogP contribution in [0, 0.1) is 0 Å². The molecule has 4 nitrogen and oxygen atoms in total. The molecule has 3 aromatic rings. The van der Waals surface area contributed by atoms with Crippen LogP contribution in [-0.2, 0) is 0 Å². The van der Waals surface area contributed by atoms with E-state index >= 15 is 0 Å². The molecular formula is C16H13O4+. The number of fused-ring (bicyclic) bond motifs is 1. The van der Waals surface area contributed by atoms with Gasteiger partial charge >= 0.3 is 11.3 Å². The zero-order valence-corrected chi connectivity index (χ0v) is 10.8. The Labute approximate surface area is 115 Å². The molecule has 100 valence electrons. The Balaban J connectivity index is 2.16. The molecular weight excluding hydrogens is 256 g/mol. The summed E-state index contributed by atoms with van der Waals surface area (Å²) in [5, 5.41) is 19.8. The van der Waals surface area contributed by atoms with Crippen LogP contribution in [0.4, 0.5) is 0 Å². The normalized spacial score (nSPS) is 10.7. The van der Waals surface area contributed by atoms with Crippen LogP contribution in [0.2, 0.25) is 0 Å². The third-order valence-electron chi connectivity index (χ3n) is 3.10. The third-order valence-corrected chi connectivity index (χ3v) is 3.10. The topological polar surface area (TPSA) is 61.0 Å². The van der Waals surface area contributed by atoms with Gasteiger partial charge in [0, 0.05) is 12.1 Å². The minimum atomic E-state index is 0.111. The van der Waals surface area contributed by atoms with Gasteiger partial charge in [-0.25, -0.2) is 4.42 Å². The van der Waals surface area contributed by atoms with Crippen molar-refractivity contribution < 1.29 is 19.4 Å². The summed E-state index contributed by atoms with van der Waals surface area (Å²) in [6.07, 6.45) is 0. The Morgan fingerprint density at radius 3 is 2.40 bits per heavy atom. The van der Waals surface area contributed by atoms with Crippen LogP contribution in [0.25, 0.3) is 22.3 Å². The van der Waals surface area contributed by atoms with Crippen molar-refractivity contribution in [3.63, 3.8) is 0 Å². The fraction of sp³-hybridized carbons (Fsp3) is 0.0625. The first-order chi connectivity index (χ1) is 9.67. The van der Waals surface area contributed by atoms with E-state index < -0.39 is 0 Å². The van der Waals surface area contributed by atoms with Gasteiger partial charge in [0.25, 0.3) is 0 Å². The molecule has 0 amide bonds. The van der Waals surface area contributed by atoms with Gasteiger partial charge in [-0.05, 0) is 30.3 Å². The second-order valence-electron chi connectivity index (χ2n) is 4.40. The van der Waals surface area contributed by atoms with E-state index in [-0.39, 0.29) is 11.5 Å². The summed E-state index contributed by atoms with van der Waals surface area (Å²) in [4.78, 5) is 0. The fourth-order valence-corrected chi connectivity index (χ4v) is 2.05. The predicted molar refractivity (Wildman–Crippen MR) is 75.9 cm³/mol. The van der Waals surface area contributed by atoms with Crippen LogP contribution in [0.15, 0.2) is 52.9 Å². The van der Waals surface area contributed by atoms with Gasteiger partial charge in [0.2, 0.25) is 0 Å². The molecule has 0 atom stereocenters. The second kappa shape index (κ2) is 4.74. The standard InChI is InChI=1S/C16H12O4/c1-19-12-8-14(18)13-6-7-15(20-16(13)9-12)10-2-4-11(17)5-3-10/h2-9H,1H3,(H-,17,18)/p+1. The van der Waals surface area contributed by atoms with Crippen molar-refractivity contribution in [1.82, 2.24) is 0 Å². The number of methoxy groups -OCH3 is 1. The number of aromatic hydroxyl groups is 2. The van der Waals surface area contributed by atoms with Crippen molar-refractivity contribution in [3.8, 4) is 28.6 Å². The largest absolute Gasteiger partial charge is 0.508 e. The molecule has 2 N–H and O–H groups in total. The highest BCUT2D eigenvalue weighted by atomic mass is 16.5. The molecule has 1 heterocycles. The highest BCUT2D eigenvalue weighted by Crippen LogP contribution is 2.33. The Bertz CT molecular complexity index is 763. The molecule has 0 aliphatic carbocycles. The minimum absolute atomic E-state index is 0.111. The Morgan fingerprint density at radius 2 is 1.70 bits per heavy atom. The van der Waals surface area contributed by atoms with Gasteiger partial charge in [-0.15, -0.1) is 0 Å². The fourth-order valence-electron chi connectivity index (χ4n) is 2.05. The van der Waals surface area contributed by atoms with Gasteiger partial charge in [0.05, 0.1) is 18.7 Å². The summed E-state index contributed by atoms with van der Waals surface area (Å²) in [5.41, 5.74) is 1.37. The summed E-state index contributed by atoms with van der Waals surface area (Å²) in [7, 11) is 1.53. The van der Waals surface area contributed by atoms with Crippen LogP contribution in [0.3, 0.4) is 0 Å². The van der Waals surface area contributed by atoms with Crippen molar-refractivity contribution in [2.75, 3.05) is 7.11 Å². The van der Waals surface area contributed by atoms with Crippen LogP contribution in [0.5, 0.6) is 17.2 Å². The molecule has 0 aliphatic rings. The maximum absolute atomic E-state index is 9.91. The molecule has 2 aromatic carbocycles. The van der Waals surface area contributed by atoms with E-state index in [1.165, 1.54) is 13.2 Å². The predicted octanol–water partition coefficient (Wildman–Crippen LogP) is 3.80. The number of hydrogen-bond donors (Lipinski definition) is 2. The van der Waals surface area contributed by atoms with Crippen LogP contribution < -0.4 is 4.74 Å². The van der Waals surface area contributed by atoms with Crippen LogP contribution >= 0.6 is 0 Å². The number of ether oxygens (including phenoxy) is 1. The molecule has 20 heavy (non-hydrogen) atoms. The second-order valence-corrected chi connectivity index (χ2v) is 4.40. The molecule has 0 radical (unpaired) electrons. The third kappa shape index (κ3) is 2.12. The SMILES string of the molecule is COc1cc(O)c2ccc(-c3ccc(O)cc3)[o+]c2c1. The van der Waals surface area contributed by atoms with Gasteiger partial charge in [-0.1, -0.05) is 0 Å². The summed E-state index contributed by atoms with van der Waals surface area (Å²) in [6.45, 7) is 0. The molecule has 1 aromatic heterocycles. The first-order valence-electron chi connectivity index (χ1n) is 6.10. The van der Waals surface area contributed by atoms with Gasteiger partial charge in [0.15, 0.2) is 0 Å². The molecule has 0 bridgehead atoms. The first-order valence-corrected chi connectivity index (χ1v) is 6.10. The van der Waals surface area contributed by atoms with E-state index in [4.69, 9.17) is 9.15 Å². The lowest BCUT2D eigenvalue weighted by molar-refractivity contribution is 0.408. The highest BCUT2D eigenvalue weighted by molar-refractivity contribution is 5.86. The average Bonchev–Trinajstić information content (AvgIpc) is 2.47. The smallest absolute Gasteiger partial charge is 0.368 e.